The molecule has 2 aromatic carbocycles. The van der Waals surface area contributed by atoms with Crippen molar-refractivity contribution in [3.63, 3.8) is 0 Å². The molecule has 0 radical (unpaired) electrons. The lowest BCUT2D eigenvalue weighted by atomic mass is 10.1. The predicted octanol–water partition coefficient (Wildman–Crippen LogP) is 4.64. The minimum absolute atomic E-state index is 0.157. The number of imidazole rings is 1. The Morgan fingerprint density at radius 1 is 1.10 bits per heavy atom. The molecule has 148 valence electrons. The highest BCUT2D eigenvalue weighted by atomic mass is 32.2. The molecule has 0 aliphatic heterocycles. The molecular formula is C21H18F2N4OS. The van der Waals surface area contributed by atoms with Gasteiger partial charge in [0, 0.05) is 12.4 Å². The van der Waals surface area contributed by atoms with E-state index in [9.17, 15) is 13.6 Å². The van der Waals surface area contributed by atoms with Gasteiger partial charge in [-0.25, -0.2) is 9.97 Å². The number of hydrogen-bond donors (Lipinski definition) is 0. The Balaban J connectivity index is 1.73. The van der Waals surface area contributed by atoms with Crippen LogP contribution >= 0.6 is 11.8 Å². The summed E-state index contributed by atoms with van der Waals surface area (Å²) in [6.45, 7) is -0.310. The summed E-state index contributed by atoms with van der Waals surface area (Å²) in [5.74, 6) is 0.407. The van der Waals surface area contributed by atoms with Gasteiger partial charge in [-0.15, -0.1) is 0 Å². The van der Waals surface area contributed by atoms with Gasteiger partial charge in [0.2, 0.25) is 0 Å². The molecule has 0 amide bonds. The fraction of sp³-hybridized carbons (Fsp3) is 0.190. The van der Waals surface area contributed by atoms with E-state index in [0.29, 0.717) is 22.6 Å². The van der Waals surface area contributed by atoms with Crippen LogP contribution in [0.15, 0.2) is 70.9 Å². The summed E-state index contributed by atoms with van der Waals surface area (Å²) >= 11 is 1.22. The van der Waals surface area contributed by atoms with Crippen molar-refractivity contribution in [1.29, 1.82) is 0 Å². The number of rotatable bonds is 6. The molecule has 0 bridgehead atoms. The van der Waals surface area contributed by atoms with Crippen LogP contribution < -0.4 is 5.56 Å². The van der Waals surface area contributed by atoms with Crippen molar-refractivity contribution in [3.05, 3.63) is 88.2 Å². The summed E-state index contributed by atoms with van der Waals surface area (Å²) in [4.78, 5) is 21.8. The van der Waals surface area contributed by atoms with E-state index in [1.165, 1.54) is 24.2 Å². The first-order chi connectivity index (χ1) is 14.0. The third kappa shape index (κ3) is 4.07. The van der Waals surface area contributed by atoms with Gasteiger partial charge in [-0.1, -0.05) is 53.7 Å². The molecule has 2 aromatic heterocycles. The van der Waals surface area contributed by atoms with Crippen molar-refractivity contribution in [2.45, 2.75) is 30.9 Å². The maximum absolute atomic E-state index is 13.1. The third-order valence-corrected chi connectivity index (χ3v) is 5.55. The molecule has 0 atom stereocenters. The highest BCUT2D eigenvalue weighted by Gasteiger charge is 2.16. The van der Waals surface area contributed by atoms with Crippen molar-refractivity contribution in [2.24, 2.45) is 0 Å². The number of thioether (sulfide) groups is 1. The van der Waals surface area contributed by atoms with E-state index in [2.05, 4.69) is 9.97 Å². The summed E-state index contributed by atoms with van der Waals surface area (Å²) < 4.78 is 28.6. The second-order valence-electron chi connectivity index (χ2n) is 6.61. The van der Waals surface area contributed by atoms with Crippen LogP contribution in [0.5, 0.6) is 0 Å². The molecule has 0 unspecified atom stereocenters. The van der Waals surface area contributed by atoms with E-state index in [4.69, 9.17) is 0 Å². The van der Waals surface area contributed by atoms with E-state index in [0.717, 1.165) is 15.7 Å². The van der Waals surface area contributed by atoms with E-state index >= 15 is 0 Å². The van der Waals surface area contributed by atoms with Crippen molar-refractivity contribution in [2.75, 3.05) is 0 Å². The van der Waals surface area contributed by atoms with E-state index in [1.54, 1.807) is 22.8 Å². The summed E-state index contributed by atoms with van der Waals surface area (Å²) in [7, 11) is 0. The van der Waals surface area contributed by atoms with Gasteiger partial charge < -0.3 is 0 Å². The summed E-state index contributed by atoms with van der Waals surface area (Å²) in [6.07, 6.45) is 2.59. The average molecular weight is 412 g/mol. The summed E-state index contributed by atoms with van der Waals surface area (Å²) in [5.41, 5.74) is 2.52. The molecule has 2 heterocycles. The number of alkyl halides is 2. The smallest absolute Gasteiger partial charge is 0.283 e. The summed E-state index contributed by atoms with van der Waals surface area (Å²) in [5, 5.41) is 0.996. The Bertz CT molecular complexity index is 1200. The molecule has 0 aliphatic rings. The monoisotopic (exact) mass is 412 g/mol. The number of hydrogen-bond acceptors (Lipinski definition) is 4. The first-order valence-corrected chi connectivity index (χ1v) is 9.99. The number of benzene rings is 2. The number of aromatic nitrogens is 4. The van der Waals surface area contributed by atoms with E-state index in [1.807, 2.05) is 37.3 Å². The van der Waals surface area contributed by atoms with Crippen LogP contribution in [-0.2, 0) is 12.3 Å². The lowest BCUT2D eigenvalue weighted by molar-refractivity contribution is 0.0678. The van der Waals surface area contributed by atoms with Gasteiger partial charge in [-0.2, -0.15) is 8.78 Å². The van der Waals surface area contributed by atoms with Crippen molar-refractivity contribution >= 4 is 22.7 Å². The SMILES string of the molecule is Cc1ccc(Cn2c(SCc3nccn3C(F)F)nc3ccccc3c2=O)cc1. The van der Waals surface area contributed by atoms with Crippen molar-refractivity contribution in [1.82, 2.24) is 19.1 Å². The minimum Gasteiger partial charge on any atom is -0.283 e. The van der Waals surface area contributed by atoms with Crippen LogP contribution in [0.25, 0.3) is 10.9 Å². The normalized spacial score (nSPS) is 11.4. The van der Waals surface area contributed by atoms with Crippen LogP contribution in [0, 0.1) is 6.92 Å². The Morgan fingerprint density at radius 3 is 2.62 bits per heavy atom. The van der Waals surface area contributed by atoms with Crippen LogP contribution in [0.3, 0.4) is 0 Å². The largest absolute Gasteiger partial charge is 0.319 e. The predicted molar refractivity (Wildman–Crippen MR) is 109 cm³/mol. The molecule has 0 N–H and O–H groups in total. The fourth-order valence-corrected chi connectivity index (χ4v) is 3.98. The van der Waals surface area contributed by atoms with E-state index in [-0.39, 0.29) is 17.1 Å². The lowest BCUT2D eigenvalue weighted by Gasteiger charge is -2.14. The van der Waals surface area contributed by atoms with E-state index < -0.39 is 6.55 Å². The third-order valence-electron chi connectivity index (χ3n) is 4.58. The standard InChI is InChI=1S/C21H18F2N4OS/c1-14-6-8-15(9-7-14)12-27-19(28)16-4-2-3-5-17(16)25-21(27)29-13-18-24-10-11-26(18)20(22)23/h2-11,20H,12-13H2,1H3. The molecule has 8 heteroatoms. The molecule has 0 saturated heterocycles. The van der Waals surface area contributed by atoms with Crippen molar-refractivity contribution < 1.29 is 8.78 Å². The molecule has 29 heavy (non-hydrogen) atoms. The maximum Gasteiger partial charge on any atom is 0.319 e. The maximum atomic E-state index is 13.1. The Labute approximate surface area is 170 Å². The van der Waals surface area contributed by atoms with Crippen LogP contribution in [0.1, 0.15) is 23.5 Å². The van der Waals surface area contributed by atoms with Gasteiger partial charge >= 0.3 is 6.55 Å². The first kappa shape index (κ1) is 19.3. The van der Waals surface area contributed by atoms with Gasteiger partial charge in [0.15, 0.2) is 5.16 Å². The molecule has 5 nitrogen and oxygen atoms in total. The average Bonchev–Trinajstić information content (AvgIpc) is 3.19. The highest BCUT2D eigenvalue weighted by Crippen LogP contribution is 2.24. The molecule has 0 saturated carbocycles. The first-order valence-electron chi connectivity index (χ1n) is 9.00. The van der Waals surface area contributed by atoms with Gasteiger partial charge in [0.1, 0.15) is 5.82 Å². The minimum atomic E-state index is -2.66. The molecular weight excluding hydrogens is 394 g/mol. The number of aryl methyl sites for hydroxylation is 1. The highest BCUT2D eigenvalue weighted by molar-refractivity contribution is 7.98. The number of para-hydroxylation sites is 1. The Morgan fingerprint density at radius 2 is 1.86 bits per heavy atom. The molecule has 4 aromatic rings. The van der Waals surface area contributed by atoms with Crippen LogP contribution in [0.4, 0.5) is 8.78 Å². The second-order valence-corrected chi connectivity index (χ2v) is 7.55. The second kappa shape index (κ2) is 8.16. The van der Waals surface area contributed by atoms with Crippen LogP contribution in [-0.4, -0.2) is 19.1 Å². The molecule has 0 aliphatic carbocycles. The number of fused-ring (bicyclic) bond motifs is 1. The zero-order chi connectivity index (χ0) is 20.4. The molecule has 0 spiro atoms. The quantitative estimate of drug-likeness (QED) is 0.342. The zero-order valence-electron chi connectivity index (χ0n) is 15.6. The van der Waals surface area contributed by atoms with Gasteiger partial charge in [-0.05, 0) is 24.6 Å². The molecule has 0 fully saturated rings. The van der Waals surface area contributed by atoms with Crippen LogP contribution in [0.2, 0.25) is 0 Å². The fourth-order valence-electron chi connectivity index (χ4n) is 3.04. The van der Waals surface area contributed by atoms with Crippen molar-refractivity contribution in [3.8, 4) is 0 Å². The molecule has 4 rings (SSSR count). The Kier molecular flexibility index (Phi) is 5.44. The van der Waals surface area contributed by atoms with Gasteiger partial charge in [0.25, 0.3) is 5.56 Å². The summed E-state index contributed by atoms with van der Waals surface area (Å²) in [6, 6.07) is 15.0. The number of nitrogens with zero attached hydrogens (tertiary/aromatic N) is 4. The lowest BCUT2D eigenvalue weighted by Crippen LogP contribution is -2.24. The Hall–Kier alpha value is -3.00. The van der Waals surface area contributed by atoms with Gasteiger partial charge in [-0.3, -0.25) is 13.9 Å². The zero-order valence-corrected chi connectivity index (χ0v) is 16.4. The van der Waals surface area contributed by atoms with Gasteiger partial charge in [0.05, 0.1) is 23.2 Å². The number of halogens is 2. The topological polar surface area (TPSA) is 52.7 Å².